The van der Waals surface area contributed by atoms with E-state index in [1.165, 1.54) is 6.42 Å². The Morgan fingerprint density at radius 3 is 2.72 bits per heavy atom. The average Bonchev–Trinajstić information content (AvgIpc) is 2.38. The van der Waals surface area contributed by atoms with Gasteiger partial charge in [-0.3, -0.25) is 4.79 Å². The van der Waals surface area contributed by atoms with Crippen LogP contribution in [0.5, 0.6) is 0 Å². The van der Waals surface area contributed by atoms with Crippen LogP contribution >= 0.6 is 12.4 Å². The lowest BCUT2D eigenvalue weighted by Gasteiger charge is -2.33. The Bertz CT molecular complexity index is 369. The highest BCUT2D eigenvalue weighted by atomic mass is 35.5. The number of hydrogen-bond donors (Lipinski definition) is 1. The van der Waals surface area contributed by atoms with E-state index in [9.17, 15) is 4.79 Å². The lowest BCUT2D eigenvalue weighted by atomic mass is 10.0. The Morgan fingerprint density at radius 2 is 2.06 bits per heavy atom. The van der Waals surface area contributed by atoms with Crippen LogP contribution in [0.3, 0.4) is 0 Å². The van der Waals surface area contributed by atoms with Crippen LogP contribution in [0.15, 0.2) is 30.3 Å². The van der Waals surface area contributed by atoms with Crippen LogP contribution in [0.25, 0.3) is 0 Å². The molecule has 2 rings (SSSR count). The third-order valence-electron chi connectivity index (χ3n) is 3.34. The molecule has 18 heavy (non-hydrogen) atoms. The van der Waals surface area contributed by atoms with Crippen molar-refractivity contribution in [2.45, 2.75) is 32.2 Å². The van der Waals surface area contributed by atoms with Crippen molar-refractivity contribution < 1.29 is 4.79 Å². The molecule has 0 radical (unpaired) electrons. The molecule has 1 heterocycles. The summed E-state index contributed by atoms with van der Waals surface area (Å²) in [6.07, 6.45) is 3.52. The molecule has 1 amide bonds. The summed E-state index contributed by atoms with van der Waals surface area (Å²) >= 11 is 0. The number of rotatable bonds is 3. The van der Waals surface area contributed by atoms with E-state index < -0.39 is 0 Å². The fourth-order valence-corrected chi connectivity index (χ4v) is 2.30. The van der Waals surface area contributed by atoms with Crippen LogP contribution in [0.1, 0.15) is 26.2 Å². The maximum absolute atomic E-state index is 12.0. The minimum absolute atomic E-state index is 0. The van der Waals surface area contributed by atoms with Gasteiger partial charge >= 0.3 is 0 Å². The SMILES string of the molecule is CC1CCCCN1C(=O)CNc1ccccc1.Cl. The van der Waals surface area contributed by atoms with Gasteiger partial charge in [0, 0.05) is 18.3 Å². The van der Waals surface area contributed by atoms with Gasteiger partial charge in [-0.25, -0.2) is 0 Å². The van der Waals surface area contributed by atoms with E-state index in [1.54, 1.807) is 0 Å². The van der Waals surface area contributed by atoms with Gasteiger partial charge in [-0.15, -0.1) is 12.4 Å². The molecule has 1 unspecified atom stereocenters. The molecule has 1 aliphatic rings. The largest absolute Gasteiger partial charge is 0.376 e. The number of hydrogen-bond acceptors (Lipinski definition) is 2. The molecule has 3 nitrogen and oxygen atoms in total. The first-order chi connectivity index (χ1) is 8.27. The molecule has 1 atom stereocenters. The van der Waals surface area contributed by atoms with Crippen molar-refractivity contribution in [1.82, 2.24) is 4.90 Å². The molecular weight excluding hydrogens is 248 g/mol. The van der Waals surface area contributed by atoms with Crippen LogP contribution in [0, 0.1) is 0 Å². The van der Waals surface area contributed by atoms with Crippen molar-refractivity contribution in [3.63, 3.8) is 0 Å². The number of likely N-dealkylation sites (tertiary alicyclic amines) is 1. The third-order valence-corrected chi connectivity index (χ3v) is 3.34. The van der Waals surface area contributed by atoms with Crippen molar-refractivity contribution in [1.29, 1.82) is 0 Å². The molecule has 1 N–H and O–H groups in total. The van der Waals surface area contributed by atoms with E-state index in [1.807, 2.05) is 35.2 Å². The summed E-state index contributed by atoms with van der Waals surface area (Å²) in [5.41, 5.74) is 1.01. The third kappa shape index (κ3) is 3.91. The molecule has 1 aromatic rings. The Labute approximate surface area is 115 Å². The number of amides is 1. The first-order valence-corrected chi connectivity index (χ1v) is 6.36. The topological polar surface area (TPSA) is 32.3 Å². The lowest BCUT2D eigenvalue weighted by molar-refractivity contribution is -0.132. The number of carbonyl (C=O) groups is 1. The van der Waals surface area contributed by atoms with Crippen molar-refractivity contribution in [2.24, 2.45) is 0 Å². The second kappa shape index (κ2) is 7.27. The normalized spacial score (nSPS) is 18.9. The summed E-state index contributed by atoms with van der Waals surface area (Å²) in [5.74, 6) is 0.209. The molecule has 1 saturated heterocycles. The van der Waals surface area contributed by atoms with Crippen LogP contribution in [0.4, 0.5) is 5.69 Å². The Hall–Kier alpha value is -1.22. The number of para-hydroxylation sites is 1. The predicted octanol–water partition coefficient (Wildman–Crippen LogP) is 2.92. The second-order valence-corrected chi connectivity index (χ2v) is 4.65. The Balaban J connectivity index is 0.00000162. The van der Waals surface area contributed by atoms with E-state index in [0.29, 0.717) is 12.6 Å². The van der Waals surface area contributed by atoms with Gasteiger partial charge in [-0.2, -0.15) is 0 Å². The quantitative estimate of drug-likeness (QED) is 0.914. The van der Waals surface area contributed by atoms with Gasteiger partial charge < -0.3 is 10.2 Å². The maximum atomic E-state index is 12.0. The number of carbonyl (C=O) groups excluding carboxylic acids is 1. The van der Waals surface area contributed by atoms with Gasteiger partial charge in [0.2, 0.25) is 5.91 Å². The van der Waals surface area contributed by atoms with Gasteiger partial charge in [-0.1, -0.05) is 18.2 Å². The number of anilines is 1. The standard InChI is InChI=1S/C14H20N2O.ClH/c1-12-7-5-6-10-16(12)14(17)11-15-13-8-3-2-4-9-13;/h2-4,8-9,12,15H,5-7,10-11H2,1H3;1H. The zero-order valence-electron chi connectivity index (χ0n) is 10.8. The zero-order valence-corrected chi connectivity index (χ0v) is 11.6. The summed E-state index contributed by atoms with van der Waals surface area (Å²) in [5, 5.41) is 3.17. The summed E-state index contributed by atoms with van der Waals surface area (Å²) in [4.78, 5) is 14.0. The Morgan fingerprint density at radius 1 is 1.33 bits per heavy atom. The van der Waals surface area contributed by atoms with E-state index in [-0.39, 0.29) is 18.3 Å². The number of halogens is 1. The number of piperidine rings is 1. The maximum Gasteiger partial charge on any atom is 0.242 e. The van der Waals surface area contributed by atoms with Crippen LogP contribution < -0.4 is 5.32 Å². The zero-order chi connectivity index (χ0) is 12.1. The molecule has 4 heteroatoms. The van der Waals surface area contributed by atoms with Crippen molar-refractivity contribution in [3.05, 3.63) is 30.3 Å². The molecule has 0 spiro atoms. The minimum atomic E-state index is 0. The highest BCUT2D eigenvalue weighted by molar-refractivity contribution is 5.85. The molecule has 0 aliphatic carbocycles. The van der Waals surface area contributed by atoms with Gasteiger partial charge in [0.25, 0.3) is 0 Å². The van der Waals surface area contributed by atoms with Crippen molar-refractivity contribution in [3.8, 4) is 0 Å². The second-order valence-electron chi connectivity index (χ2n) is 4.65. The van der Waals surface area contributed by atoms with Crippen LogP contribution in [-0.2, 0) is 4.79 Å². The van der Waals surface area contributed by atoms with Gasteiger partial charge in [0.05, 0.1) is 6.54 Å². The molecule has 1 fully saturated rings. The number of benzene rings is 1. The first kappa shape index (κ1) is 14.8. The predicted molar refractivity (Wildman–Crippen MR) is 77.2 cm³/mol. The minimum Gasteiger partial charge on any atom is -0.376 e. The molecule has 1 aliphatic heterocycles. The molecule has 1 aromatic carbocycles. The van der Waals surface area contributed by atoms with E-state index >= 15 is 0 Å². The fraction of sp³-hybridized carbons (Fsp3) is 0.500. The van der Waals surface area contributed by atoms with Gasteiger partial charge in [-0.05, 0) is 38.3 Å². The fourth-order valence-electron chi connectivity index (χ4n) is 2.30. The van der Waals surface area contributed by atoms with Gasteiger partial charge in [0.1, 0.15) is 0 Å². The summed E-state index contributed by atoms with van der Waals surface area (Å²) in [6, 6.07) is 10.3. The van der Waals surface area contributed by atoms with E-state index in [0.717, 1.165) is 25.1 Å². The van der Waals surface area contributed by atoms with Crippen molar-refractivity contribution in [2.75, 3.05) is 18.4 Å². The van der Waals surface area contributed by atoms with Crippen LogP contribution in [-0.4, -0.2) is 29.9 Å². The highest BCUT2D eigenvalue weighted by Crippen LogP contribution is 2.16. The number of nitrogens with one attached hydrogen (secondary N) is 1. The molecular formula is C14H21ClN2O. The smallest absolute Gasteiger partial charge is 0.242 e. The molecule has 0 saturated carbocycles. The molecule has 0 bridgehead atoms. The molecule has 0 aromatic heterocycles. The monoisotopic (exact) mass is 268 g/mol. The average molecular weight is 269 g/mol. The number of nitrogens with zero attached hydrogens (tertiary/aromatic N) is 1. The van der Waals surface area contributed by atoms with E-state index in [2.05, 4.69) is 12.2 Å². The van der Waals surface area contributed by atoms with Crippen LogP contribution in [0.2, 0.25) is 0 Å². The van der Waals surface area contributed by atoms with E-state index in [4.69, 9.17) is 0 Å². The van der Waals surface area contributed by atoms with Crippen molar-refractivity contribution >= 4 is 24.0 Å². The molecule has 100 valence electrons. The first-order valence-electron chi connectivity index (χ1n) is 6.36. The summed E-state index contributed by atoms with van der Waals surface area (Å²) in [7, 11) is 0. The Kier molecular flexibility index (Phi) is 5.99. The lowest BCUT2D eigenvalue weighted by Crippen LogP contribution is -2.44. The van der Waals surface area contributed by atoms with Gasteiger partial charge in [0.15, 0.2) is 0 Å². The summed E-state index contributed by atoms with van der Waals surface area (Å²) in [6.45, 7) is 3.45. The summed E-state index contributed by atoms with van der Waals surface area (Å²) < 4.78 is 0. The highest BCUT2D eigenvalue weighted by Gasteiger charge is 2.22.